The van der Waals surface area contributed by atoms with E-state index < -0.39 is 5.97 Å². The molecule has 116 valence electrons. The third-order valence-corrected chi connectivity index (χ3v) is 3.48. The molecule has 21 heavy (non-hydrogen) atoms. The van der Waals surface area contributed by atoms with Crippen molar-refractivity contribution in [1.82, 2.24) is 30.1 Å². The van der Waals surface area contributed by atoms with Crippen molar-refractivity contribution in [3.8, 4) is 0 Å². The maximum absolute atomic E-state index is 12.0. The molecule has 0 unspecified atom stereocenters. The molecular weight excluding hydrogens is 276 g/mol. The molecule has 2 amide bonds. The lowest BCUT2D eigenvalue weighted by molar-refractivity contribution is 0.0690. The summed E-state index contributed by atoms with van der Waals surface area (Å²) in [5.41, 5.74) is -0.1000. The third-order valence-electron chi connectivity index (χ3n) is 3.48. The van der Waals surface area contributed by atoms with Crippen LogP contribution in [-0.2, 0) is 6.54 Å². The molecule has 0 spiro atoms. The first-order valence-electron chi connectivity index (χ1n) is 6.98. The van der Waals surface area contributed by atoms with E-state index in [1.54, 1.807) is 4.90 Å². The van der Waals surface area contributed by atoms with E-state index in [0.717, 1.165) is 32.7 Å². The van der Waals surface area contributed by atoms with Gasteiger partial charge in [0.2, 0.25) is 0 Å². The first kappa shape index (κ1) is 15.2. The Morgan fingerprint density at radius 1 is 1.33 bits per heavy atom. The predicted molar refractivity (Wildman–Crippen MR) is 74.1 cm³/mol. The number of aromatic nitrogens is 3. The van der Waals surface area contributed by atoms with Crippen LogP contribution >= 0.6 is 0 Å². The molecular formula is C12H20N6O3. The van der Waals surface area contributed by atoms with Crippen LogP contribution in [0.2, 0.25) is 0 Å². The van der Waals surface area contributed by atoms with E-state index in [0.29, 0.717) is 13.1 Å². The Hall–Kier alpha value is -2.16. The lowest BCUT2D eigenvalue weighted by Crippen LogP contribution is -2.51. The van der Waals surface area contributed by atoms with Gasteiger partial charge in [0.25, 0.3) is 0 Å². The average Bonchev–Trinajstić information content (AvgIpc) is 2.96. The van der Waals surface area contributed by atoms with E-state index in [-0.39, 0.29) is 11.7 Å². The SMILES string of the molecule is CCN1CCN(C(=O)NCCn2cc(C(=O)O)nn2)CC1. The summed E-state index contributed by atoms with van der Waals surface area (Å²) < 4.78 is 1.40. The molecule has 1 aromatic rings. The van der Waals surface area contributed by atoms with Gasteiger partial charge in [0, 0.05) is 32.7 Å². The van der Waals surface area contributed by atoms with Crippen molar-refractivity contribution in [2.45, 2.75) is 13.5 Å². The molecule has 0 aromatic carbocycles. The number of nitrogens with zero attached hydrogens (tertiary/aromatic N) is 5. The number of hydrogen-bond acceptors (Lipinski definition) is 5. The fraction of sp³-hybridized carbons (Fsp3) is 0.667. The van der Waals surface area contributed by atoms with Gasteiger partial charge in [-0.2, -0.15) is 0 Å². The highest BCUT2D eigenvalue weighted by molar-refractivity contribution is 5.84. The minimum Gasteiger partial charge on any atom is -0.476 e. The maximum Gasteiger partial charge on any atom is 0.358 e. The van der Waals surface area contributed by atoms with E-state index in [9.17, 15) is 9.59 Å². The van der Waals surface area contributed by atoms with Gasteiger partial charge in [0.1, 0.15) is 0 Å². The zero-order valence-electron chi connectivity index (χ0n) is 12.0. The van der Waals surface area contributed by atoms with Gasteiger partial charge >= 0.3 is 12.0 Å². The van der Waals surface area contributed by atoms with Crippen molar-refractivity contribution >= 4 is 12.0 Å². The summed E-state index contributed by atoms with van der Waals surface area (Å²) >= 11 is 0. The summed E-state index contributed by atoms with van der Waals surface area (Å²) in [4.78, 5) is 26.7. The summed E-state index contributed by atoms with van der Waals surface area (Å²) in [6, 6.07) is -0.0932. The van der Waals surface area contributed by atoms with E-state index in [1.807, 2.05) is 0 Å². The van der Waals surface area contributed by atoms with Crippen LogP contribution in [0.1, 0.15) is 17.4 Å². The zero-order valence-corrected chi connectivity index (χ0v) is 12.0. The molecule has 2 rings (SSSR count). The topological polar surface area (TPSA) is 104 Å². The molecule has 0 aliphatic carbocycles. The minimum atomic E-state index is -1.11. The van der Waals surface area contributed by atoms with Crippen molar-refractivity contribution in [3.63, 3.8) is 0 Å². The standard InChI is InChI=1S/C12H20N6O3/c1-2-16-5-7-17(8-6-16)12(21)13-3-4-18-9-10(11(19)20)14-15-18/h9H,2-8H2,1H3,(H,13,21)(H,19,20). The number of carboxylic acid groups (broad SMARTS) is 1. The van der Waals surface area contributed by atoms with Crippen LogP contribution in [0, 0.1) is 0 Å². The second kappa shape index (κ2) is 7.02. The normalized spacial score (nSPS) is 16.0. The summed E-state index contributed by atoms with van der Waals surface area (Å²) in [6.07, 6.45) is 1.34. The Morgan fingerprint density at radius 3 is 2.62 bits per heavy atom. The molecule has 1 aromatic heterocycles. The molecule has 1 aliphatic rings. The lowest BCUT2D eigenvalue weighted by atomic mass is 10.3. The summed E-state index contributed by atoms with van der Waals surface area (Å²) in [6.45, 7) is 7.14. The Bertz CT molecular complexity index is 495. The Morgan fingerprint density at radius 2 is 2.05 bits per heavy atom. The number of urea groups is 1. The highest BCUT2D eigenvalue weighted by Gasteiger charge is 2.19. The van der Waals surface area contributed by atoms with Crippen molar-refractivity contribution in [2.24, 2.45) is 0 Å². The van der Waals surface area contributed by atoms with Gasteiger partial charge in [-0.25, -0.2) is 14.3 Å². The number of hydrogen-bond donors (Lipinski definition) is 2. The van der Waals surface area contributed by atoms with Gasteiger partial charge in [-0.05, 0) is 6.54 Å². The lowest BCUT2D eigenvalue weighted by Gasteiger charge is -2.33. The van der Waals surface area contributed by atoms with Gasteiger partial charge < -0.3 is 20.2 Å². The Labute approximate surface area is 122 Å². The van der Waals surface area contributed by atoms with E-state index in [1.165, 1.54) is 10.9 Å². The average molecular weight is 296 g/mol. The molecule has 9 nitrogen and oxygen atoms in total. The Balaban J connectivity index is 1.70. The van der Waals surface area contributed by atoms with E-state index in [4.69, 9.17) is 5.11 Å². The molecule has 1 saturated heterocycles. The maximum atomic E-state index is 12.0. The van der Waals surface area contributed by atoms with Crippen LogP contribution in [0.15, 0.2) is 6.20 Å². The fourth-order valence-corrected chi connectivity index (χ4v) is 2.16. The number of likely N-dealkylation sites (N-methyl/N-ethyl adjacent to an activating group) is 1. The summed E-state index contributed by atoms with van der Waals surface area (Å²) in [5, 5.41) is 18.7. The number of carboxylic acids is 1. The molecule has 0 saturated carbocycles. The number of aromatic carboxylic acids is 1. The fourth-order valence-electron chi connectivity index (χ4n) is 2.16. The molecule has 2 N–H and O–H groups in total. The molecule has 2 heterocycles. The third kappa shape index (κ3) is 4.15. The molecule has 0 bridgehead atoms. The number of carbonyl (C=O) groups excluding carboxylic acids is 1. The van der Waals surface area contributed by atoms with Crippen LogP contribution < -0.4 is 5.32 Å². The number of rotatable bonds is 5. The van der Waals surface area contributed by atoms with Gasteiger partial charge in [-0.15, -0.1) is 5.10 Å². The minimum absolute atomic E-state index is 0.0932. The Kier molecular flexibility index (Phi) is 5.09. The number of amides is 2. The van der Waals surface area contributed by atoms with Crippen molar-refractivity contribution < 1.29 is 14.7 Å². The molecule has 9 heteroatoms. The highest BCUT2D eigenvalue weighted by Crippen LogP contribution is 2.01. The summed E-state index contributed by atoms with van der Waals surface area (Å²) in [5.74, 6) is -1.11. The van der Waals surface area contributed by atoms with Crippen LogP contribution in [-0.4, -0.2) is 81.2 Å². The molecule has 1 fully saturated rings. The predicted octanol–water partition coefficient (Wildman–Crippen LogP) is -0.677. The monoisotopic (exact) mass is 296 g/mol. The number of piperazine rings is 1. The summed E-state index contributed by atoms with van der Waals surface area (Å²) in [7, 11) is 0. The number of nitrogens with one attached hydrogen (secondary N) is 1. The second-order valence-electron chi connectivity index (χ2n) is 4.83. The first-order valence-corrected chi connectivity index (χ1v) is 6.98. The first-order chi connectivity index (χ1) is 10.1. The second-order valence-corrected chi connectivity index (χ2v) is 4.83. The quantitative estimate of drug-likeness (QED) is 0.746. The van der Waals surface area contributed by atoms with Gasteiger partial charge in [-0.1, -0.05) is 12.1 Å². The van der Waals surface area contributed by atoms with Gasteiger partial charge in [0.15, 0.2) is 5.69 Å². The van der Waals surface area contributed by atoms with Crippen molar-refractivity contribution in [2.75, 3.05) is 39.3 Å². The van der Waals surface area contributed by atoms with Crippen molar-refractivity contribution in [3.05, 3.63) is 11.9 Å². The van der Waals surface area contributed by atoms with Gasteiger partial charge in [-0.3, -0.25) is 0 Å². The van der Waals surface area contributed by atoms with E-state index in [2.05, 4.69) is 27.5 Å². The van der Waals surface area contributed by atoms with Crippen LogP contribution in [0.4, 0.5) is 4.79 Å². The largest absolute Gasteiger partial charge is 0.476 e. The van der Waals surface area contributed by atoms with E-state index >= 15 is 0 Å². The van der Waals surface area contributed by atoms with Crippen molar-refractivity contribution in [1.29, 1.82) is 0 Å². The number of carbonyl (C=O) groups is 2. The van der Waals surface area contributed by atoms with Gasteiger partial charge in [0.05, 0.1) is 12.7 Å². The van der Waals surface area contributed by atoms with Crippen LogP contribution in [0.3, 0.4) is 0 Å². The molecule has 0 atom stereocenters. The molecule has 0 radical (unpaired) electrons. The highest BCUT2D eigenvalue weighted by atomic mass is 16.4. The van der Waals surface area contributed by atoms with Crippen LogP contribution in [0.25, 0.3) is 0 Å². The smallest absolute Gasteiger partial charge is 0.358 e. The zero-order chi connectivity index (χ0) is 15.2. The molecule has 1 aliphatic heterocycles. The van der Waals surface area contributed by atoms with Crippen LogP contribution in [0.5, 0.6) is 0 Å².